The summed E-state index contributed by atoms with van der Waals surface area (Å²) in [7, 11) is 3.33. The molecule has 0 saturated carbocycles. The Balaban J connectivity index is 2.83. The molecular weight excluding hydrogens is 92.1 g/mol. The molecule has 0 saturated heterocycles. The molecule has 2 heteroatoms. The van der Waals surface area contributed by atoms with Gasteiger partial charge >= 0.3 is 0 Å². The highest BCUT2D eigenvalue weighted by atomic mass is 16.5. The van der Waals surface area contributed by atoms with Crippen molar-refractivity contribution in [1.29, 1.82) is 0 Å². The number of hydrogen-bond donors (Lipinski definition) is 0. The van der Waals surface area contributed by atoms with Gasteiger partial charge in [-0.1, -0.05) is 0 Å². The summed E-state index contributed by atoms with van der Waals surface area (Å²) in [6.07, 6.45) is 0.227. The molecule has 1 atom stereocenters. The molecule has 0 aliphatic heterocycles. The van der Waals surface area contributed by atoms with Crippen molar-refractivity contribution in [2.75, 3.05) is 20.8 Å². The lowest BCUT2D eigenvalue weighted by atomic mass is 10.4. The van der Waals surface area contributed by atoms with Crippen LogP contribution in [0.15, 0.2) is 0 Å². The molecule has 0 aliphatic carbocycles. The highest BCUT2D eigenvalue weighted by molar-refractivity contribution is 4.41. The van der Waals surface area contributed by atoms with Gasteiger partial charge in [0, 0.05) is 14.2 Å². The fraction of sp³-hybridized carbons (Fsp3) is 1.00. The van der Waals surface area contributed by atoms with Crippen LogP contribution in [-0.4, -0.2) is 26.9 Å². The molecule has 0 aliphatic rings. The first kappa shape index (κ1) is 6.92. The Morgan fingerprint density at radius 2 is 2.00 bits per heavy atom. The van der Waals surface area contributed by atoms with Crippen molar-refractivity contribution in [1.82, 2.24) is 0 Å². The summed E-state index contributed by atoms with van der Waals surface area (Å²) in [5, 5.41) is 0. The average Bonchev–Trinajstić information content (AvgIpc) is 1.68. The van der Waals surface area contributed by atoms with Crippen molar-refractivity contribution in [3.8, 4) is 0 Å². The van der Waals surface area contributed by atoms with Crippen LogP contribution in [-0.2, 0) is 9.47 Å². The second-order valence-corrected chi connectivity index (χ2v) is 1.50. The summed E-state index contributed by atoms with van der Waals surface area (Å²) in [6.45, 7) is 2.64. The maximum atomic E-state index is 4.87. The highest BCUT2D eigenvalue weighted by Crippen LogP contribution is 1.84. The van der Waals surface area contributed by atoms with Crippen LogP contribution in [0.3, 0.4) is 0 Å². The molecule has 0 spiro atoms. The van der Waals surface area contributed by atoms with Gasteiger partial charge in [0.15, 0.2) is 0 Å². The molecule has 0 bridgehead atoms. The number of methoxy groups -OCH3 is 2. The van der Waals surface area contributed by atoms with Gasteiger partial charge in [-0.25, -0.2) is 0 Å². The van der Waals surface area contributed by atoms with Gasteiger partial charge in [-0.2, -0.15) is 0 Å². The molecule has 0 unspecified atom stereocenters. The second-order valence-electron chi connectivity index (χ2n) is 1.50. The maximum absolute atomic E-state index is 4.87. The smallest absolute Gasteiger partial charge is 0.0776 e. The minimum absolute atomic E-state index is 0.227. The zero-order chi connectivity index (χ0) is 5.70. The minimum atomic E-state index is 0.227. The fourth-order valence-corrected chi connectivity index (χ4v) is 0.303. The predicted molar refractivity (Wildman–Crippen MR) is 28.3 cm³/mol. The van der Waals surface area contributed by atoms with E-state index in [4.69, 9.17) is 9.47 Å². The molecule has 0 N–H and O–H groups in total. The van der Waals surface area contributed by atoms with Gasteiger partial charge in [0.05, 0.1) is 12.7 Å². The van der Waals surface area contributed by atoms with Crippen LogP contribution in [0.2, 0.25) is 0 Å². The van der Waals surface area contributed by atoms with E-state index in [1.54, 1.807) is 14.2 Å². The van der Waals surface area contributed by atoms with Gasteiger partial charge in [0.2, 0.25) is 0 Å². The van der Waals surface area contributed by atoms with Crippen molar-refractivity contribution < 1.29 is 9.47 Å². The monoisotopic (exact) mass is 104 g/mol. The molecule has 0 heterocycles. The van der Waals surface area contributed by atoms with Gasteiger partial charge in [-0.15, -0.1) is 0 Å². The third-order valence-corrected chi connectivity index (χ3v) is 0.804. The standard InChI is InChI=1S/C5H12O2/c1-5(7-3)4-6-2/h5H,4H2,1-3H3/t5-/m1/s1. The Morgan fingerprint density at radius 1 is 1.43 bits per heavy atom. The summed E-state index contributed by atoms with van der Waals surface area (Å²) in [5.74, 6) is 0. The van der Waals surface area contributed by atoms with E-state index in [1.165, 1.54) is 0 Å². The fourth-order valence-electron chi connectivity index (χ4n) is 0.303. The summed E-state index contributed by atoms with van der Waals surface area (Å²) >= 11 is 0. The Bertz CT molecular complexity index is 37.1. The lowest BCUT2D eigenvalue weighted by Gasteiger charge is -2.05. The zero-order valence-electron chi connectivity index (χ0n) is 5.10. The van der Waals surface area contributed by atoms with Gasteiger partial charge in [-0.3, -0.25) is 0 Å². The van der Waals surface area contributed by atoms with E-state index in [9.17, 15) is 0 Å². The van der Waals surface area contributed by atoms with E-state index in [0.29, 0.717) is 6.61 Å². The van der Waals surface area contributed by atoms with Gasteiger partial charge in [0.1, 0.15) is 0 Å². The van der Waals surface area contributed by atoms with E-state index < -0.39 is 0 Å². The van der Waals surface area contributed by atoms with E-state index in [0.717, 1.165) is 0 Å². The molecule has 2 nitrogen and oxygen atoms in total. The van der Waals surface area contributed by atoms with Crippen LogP contribution < -0.4 is 0 Å². The molecule has 0 fully saturated rings. The van der Waals surface area contributed by atoms with Gasteiger partial charge < -0.3 is 9.47 Å². The number of rotatable bonds is 3. The minimum Gasteiger partial charge on any atom is -0.382 e. The van der Waals surface area contributed by atoms with Crippen molar-refractivity contribution in [3.05, 3.63) is 0 Å². The van der Waals surface area contributed by atoms with Crippen LogP contribution in [0.4, 0.5) is 0 Å². The first-order chi connectivity index (χ1) is 3.31. The highest BCUT2D eigenvalue weighted by Gasteiger charge is 1.93. The second kappa shape index (κ2) is 4.09. The Kier molecular flexibility index (Phi) is 4.04. The molecule has 0 aromatic carbocycles. The van der Waals surface area contributed by atoms with E-state index in [-0.39, 0.29) is 6.10 Å². The van der Waals surface area contributed by atoms with Crippen LogP contribution in [0, 0.1) is 0 Å². The predicted octanol–water partition coefficient (Wildman–Crippen LogP) is 0.668. The molecule has 7 heavy (non-hydrogen) atoms. The van der Waals surface area contributed by atoms with Gasteiger partial charge in [0.25, 0.3) is 0 Å². The lowest BCUT2D eigenvalue weighted by molar-refractivity contribution is 0.0401. The first-order valence-electron chi connectivity index (χ1n) is 2.33. The Morgan fingerprint density at radius 3 is 2.14 bits per heavy atom. The number of ether oxygens (including phenoxy) is 2. The molecule has 0 radical (unpaired) electrons. The van der Waals surface area contributed by atoms with Crippen molar-refractivity contribution >= 4 is 0 Å². The molecule has 44 valence electrons. The summed E-state index contributed by atoms with van der Waals surface area (Å²) in [6, 6.07) is 0. The largest absolute Gasteiger partial charge is 0.382 e. The van der Waals surface area contributed by atoms with Crippen molar-refractivity contribution in [2.24, 2.45) is 0 Å². The molecule has 0 amide bonds. The van der Waals surface area contributed by atoms with E-state index >= 15 is 0 Å². The van der Waals surface area contributed by atoms with Crippen LogP contribution >= 0.6 is 0 Å². The van der Waals surface area contributed by atoms with E-state index in [1.807, 2.05) is 6.92 Å². The summed E-state index contributed by atoms with van der Waals surface area (Å²) < 4.78 is 9.64. The Labute approximate surface area is 44.4 Å². The van der Waals surface area contributed by atoms with Gasteiger partial charge in [-0.05, 0) is 6.92 Å². The lowest BCUT2D eigenvalue weighted by Crippen LogP contribution is -2.11. The zero-order valence-corrected chi connectivity index (χ0v) is 5.10. The third kappa shape index (κ3) is 3.76. The van der Waals surface area contributed by atoms with Crippen molar-refractivity contribution in [3.63, 3.8) is 0 Å². The number of hydrogen-bond acceptors (Lipinski definition) is 2. The third-order valence-electron chi connectivity index (χ3n) is 0.804. The average molecular weight is 104 g/mol. The van der Waals surface area contributed by atoms with Crippen LogP contribution in [0.1, 0.15) is 6.92 Å². The van der Waals surface area contributed by atoms with Crippen LogP contribution in [0.25, 0.3) is 0 Å². The molecular formula is C5H12O2. The van der Waals surface area contributed by atoms with Crippen molar-refractivity contribution in [2.45, 2.75) is 13.0 Å². The van der Waals surface area contributed by atoms with E-state index in [2.05, 4.69) is 0 Å². The quantitative estimate of drug-likeness (QED) is 0.524. The SMILES string of the molecule is COC[C@@H](C)OC. The first-order valence-corrected chi connectivity index (χ1v) is 2.33. The normalized spacial score (nSPS) is 14.1. The molecule has 0 aromatic rings. The summed E-state index contributed by atoms with van der Waals surface area (Å²) in [5.41, 5.74) is 0. The topological polar surface area (TPSA) is 18.5 Å². The van der Waals surface area contributed by atoms with Crippen LogP contribution in [0.5, 0.6) is 0 Å². The molecule has 0 rings (SSSR count). The summed E-state index contributed by atoms with van der Waals surface area (Å²) in [4.78, 5) is 0. The Hall–Kier alpha value is -0.0800. The molecule has 0 aromatic heterocycles. The maximum Gasteiger partial charge on any atom is 0.0776 e.